The van der Waals surface area contributed by atoms with E-state index in [0.29, 0.717) is 24.1 Å². The molecule has 0 unspecified atom stereocenters. The zero-order chi connectivity index (χ0) is 20.7. The molecular weight excluding hydrogens is 350 g/mol. The summed E-state index contributed by atoms with van der Waals surface area (Å²) in [5.41, 5.74) is 7.32. The van der Waals surface area contributed by atoms with Crippen molar-refractivity contribution in [3.63, 3.8) is 0 Å². The van der Waals surface area contributed by atoms with Gasteiger partial charge in [-0.05, 0) is 58.5 Å². The molecule has 1 heterocycles. The molecule has 1 saturated carbocycles. The van der Waals surface area contributed by atoms with E-state index >= 15 is 0 Å². The van der Waals surface area contributed by atoms with Crippen LogP contribution in [0.25, 0.3) is 0 Å². The second kappa shape index (κ2) is 10.4. The molecule has 0 bridgehead atoms. The number of carbonyl (C=O) groups excluding carboxylic acids is 1. The van der Waals surface area contributed by atoms with Gasteiger partial charge >= 0.3 is 0 Å². The number of rotatable bonds is 10. The fourth-order valence-electron chi connectivity index (χ4n) is 4.61. The Morgan fingerprint density at radius 2 is 2.07 bits per heavy atom. The van der Waals surface area contributed by atoms with Crippen molar-refractivity contribution >= 4 is 11.6 Å². The summed E-state index contributed by atoms with van der Waals surface area (Å²) in [4.78, 5) is 17.3. The quantitative estimate of drug-likeness (QED) is 0.499. The molecule has 1 aliphatic heterocycles. The van der Waals surface area contributed by atoms with Crippen molar-refractivity contribution in [2.45, 2.75) is 52.4 Å². The van der Waals surface area contributed by atoms with Crippen molar-refractivity contribution in [1.29, 1.82) is 5.41 Å². The zero-order valence-electron chi connectivity index (χ0n) is 18.4. The molecule has 1 amide bonds. The van der Waals surface area contributed by atoms with Crippen molar-refractivity contribution in [1.82, 2.24) is 15.1 Å². The number of hydrogen-bond donors (Lipinski definition) is 3. The van der Waals surface area contributed by atoms with Gasteiger partial charge in [0.2, 0.25) is 5.91 Å². The Hall–Kier alpha value is -1.40. The largest absolute Gasteiger partial charge is 0.404 e. The Morgan fingerprint density at radius 1 is 1.39 bits per heavy atom. The van der Waals surface area contributed by atoms with Gasteiger partial charge in [0.15, 0.2) is 0 Å². The first-order chi connectivity index (χ1) is 13.3. The topological polar surface area (TPSA) is 85.4 Å². The summed E-state index contributed by atoms with van der Waals surface area (Å²) in [6.45, 7) is 8.80. The fraction of sp³-hybridized carbons (Fsp3) is 0.818. The minimum atomic E-state index is -0.149. The minimum absolute atomic E-state index is 0.149. The Kier molecular flexibility index (Phi) is 8.50. The highest BCUT2D eigenvalue weighted by atomic mass is 16.2. The molecular formula is C22H41N5O. The van der Waals surface area contributed by atoms with Gasteiger partial charge in [-0.3, -0.25) is 4.79 Å². The minimum Gasteiger partial charge on any atom is -0.404 e. The Bertz CT molecular complexity index is 563. The predicted molar refractivity (Wildman–Crippen MR) is 116 cm³/mol. The van der Waals surface area contributed by atoms with Crippen LogP contribution in [0.2, 0.25) is 0 Å². The Labute approximate surface area is 171 Å². The van der Waals surface area contributed by atoms with Crippen LogP contribution in [0.4, 0.5) is 0 Å². The molecule has 28 heavy (non-hydrogen) atoms. The van der Waals surface area contributed by atoms with Crippen LogP contribution in [0.1, 0.15) is 52.4 Å². The average Bonchev–Trinajstić information content (AvgIpc) is 2.98. The zero-order valence-corrected chi connectivity index (χ0v) is 18.4. The van der Waals surface area contributed by atoms with Gasteiger partial charge < -0.3 is 26.3 Å². The lowest BCUT2D eigenvalue weighted by atomic mass is 9.68. The highest BCUT2D eigenvalue weighted by Crippen LogP contribution is 2.47. The monoisotopic (exact) mass is 391 g/mol. The summed E-state index contributed by atoms with van der Waals surface area (Å²) >= 11 is 0. The van der Waals surface area contributed by atoms with Crippen LogP contribution in [0.3, 0.4) is 0 Å². The van der Waals surface area contributed by atoms with Crippen molar-refractivity contribution in [2.75, 3.05) is 46.8 Å². The maximum absolute atomic E-state index is 13.0. The highest BCUT2D eigenvalue weighted by Gasteiger charge is 2.48. The normalized spacial score (nSPS) is 26.1. The first-order valence-electron chi connectivity index (χ1n) is 10.9. The number of nitrogens with two attached hydrogens (primary N) is 1. The molecule has 2 fully saturated rings. The first-order valence-corrected chi connectivity index (χ1v) is 10.9. The van der Waals surface area contributed by atoms with E-state index in [4.69, 9.17) is 11.1 Å². The maximum Gasteiger partial charge on any atom is 0.228 e. The van der Waals surface area contributed by atoms with Gasteiger partial charge in [-0.1, -0.05) is 13.8 Å². The number of nitrogens with zero attached hydrogens (tertiary/aromatic N) is 2. The lowest BCUT2D eigenvalue weighted by Crippen LogP contribution is -2.39. The van der Waals surface area contributed by atoms with Gasteiger partial charge in [0.1, 0.15) is 0 Å². The standard InChI is InChI=1S/C22H41N5O/c1-17(2)7-12-27-13-10-22(21(27)28)8-5-18(6-9-22)20(24)19(15-23)16-26(4)14-11-25-3/h15,17-18,24-25H,5-14,16,23H2,1-4H3/b19-15-,24-20?. The van der Waals surface area contributed by atoms with Gasteiger partial charge in [0.25, 0.3) is 0 Å². The van der Waals surface area contributed by atoms with Gasteiger partial charge in [-0.2, -0.15) is 0 Å². The number of amides is 1. The molecule has 2 aliphatic rings. The van der Waals surface area contributed by atoms with E-state index < -0.39 is 0 Å². The molecule has 1 aliphatic carbocycles. The smallest absolute Gasteiger partial charge is 0.228 e. The molecule has 0 atom stereocenters. The molecule has 6 nitrogen and oxygen atoms in total. The SMILES string of the molecule is CNCCN(C)C/C(=C/N)C(=N)C1CCC2(CC1)CCN(CCC(C)C)C2=O. The number of likely N-dealkylation sites (N-methyl/N-ethyl adjacent to an activating group) is 2. The summed E-state index contributed by atoms with van der Waals surface area (Å²) in [5, 5.41) is 11.8. The third kappa shape index (κ3) is 5.57. The second-order valence-electron chi connectivity index (χ2n) is 9.23. The summed E-state index contributed by atoms with van der Waals surface area (Å²) in [6, 6.07) is 0. The van der Waals surface area contributed by atoms with Crippen molar-refractivity contribution in [3.8, 4) is 0 Å². The summed E-state index contributed by atoms with van der Waals surface area (Å²) in [6.07, 6.45) is 7.39. The molecule has 1 spiro atoms. The Balaban J connectivity index is 1.88. The third-order valence-corrected chi connectivity index (χ3v) is 6.66. The summed E-state index contributed by atoms with van der Waals surface area (Å²) in [5.74, 6) is 1.24. The highest BCUT2D eigenvalue weighted by molar-refractivity contribution is 6.00. The number of nitrogens with one attached hydrogen (secondary N) is 2. The van der Waals surface area contributed by atoms with E-state index in [-0.39, 0.29) is 11.3 Å². The van der Waals surface area contributed by atoms with E-state index in [0.717, 1.165) is 70.3 Å². The van der Waals surface area contributed by atoms with E-state index in [1.807, 2.05) is 7.05 Å². The van der Waals surface area contributed by atoms with E-state index in [9.17, 15) is 4.79 Å². The average molecular weight is 392 g/mol. The third-order valence-electron chi connectivity index (χ3n) is 6.66. The van der Waals surface area contributed by atoms with Crippen LogP contribution in [0.5, 0.6) is 0 Å². The molecule has 0 aromatic heterocycles. The van der Waals surface area contributed by atoms with Crippen molar-refractivity contribution in [3.05, 3.63) is 11.8 Å². The van der Waals surface area contributed by atoms with Crippen LogP contribution in [0.15, 0.2) is 11.8 Å². The predicted octanol–water partition coefficient (Wildman–Crippen LogP) is 2.45. The number of hydrogen-bond acceptors (Lipinski definition) is 5. The molecule has 6 heteroatoms. The van der Waals surface area contributed by atoms with Gasteiger partial charge in [0, 0.05) is 56.1 Å². The van der Waals surface area contributed by atoms with Crippen LogP contribution in [-0.4, -0.2) is 68.2 Å². The second-order valence-corrected chi connectivity index (χ2v) is 9.23. The molecule has 2 rings (SSSR count). The van der Waals surface area contributed by atoms with Crippen molar-refractivity contribution in [2.24, 2.45) is 23.0 Å². The summed E-state index contributed by atoms with van der Waals surface area (Å²) < 4.78 is 0. The van der Waals surface area contributed by atoms with E-state index in [2.05, 4.69) is 36.0 Å². The lowest BCUT2D eigenvalue weighted by Gasteiger charge is -2.36. The van der Waals surface area contributed by atoms with Crippen LogP contribution < -0.4 is 11.1 Å². The van der Waals surface area contributed by atoms with Crippen LogP contribution in [0, 0.1) is 22.7 Å². The number of likely N-dealkylation sites (tertiary alicyclic amines) is 1. The Morgan fingerprint density at radius 3 is 2.64 bits per heavy atom. The van der Waals surface area contributed by atoms with Gasteiger partial charge in [-0.15, -0.1) is 0 Å². The molecule has 160 valence electrons. The van der Waals surface area contributed by atoms with Crippen molar-refractivity contribution < 1.29 is 4.79 Å². The maximum atomic E-state index is 13.0. The van der Waals surface area contributed by atoms with E-state index in [1.54, 1.807) is 6.20 Å². The summed E-state index contributed by atoms with van der Waals surface area (Å²) in [7, 11) is 4.01. The van der Waals surface area contributed by atoms with Crippen LogP contribution in [-0.2, 0) is 4.79 Å². The molecule has 0 aromatic rings. The molecule has 0 radical (unpaired) electrons. The molecule has 0 aromatic carbocycles. The van der Waals surface area contributed by atoms with Crippen LogP contribution >= 0.6 is 0 Å². The van der Waals surface area contributed by atoms with Gasteiger partial charge in [0.05, 0.1) is 5.41 Å². The van der Waals surface area contributed by atoms with E-state index in [1.165, 1.54) is 0 Å². The number of carbonyl (C=O) groups is 1. The molecule has 4 N–H and O–H groups in total. The lowest BCUT2D eigenvalue weighted by molar-refractivity contribution is -0.137. The first kappa shape index (κ1) is 22.9. The molecule has 1 saturated heterocycles. The fourth-order valence-corrected chi connectivity index (χ4v) is 4.61. The van der Waals surface area contributed by atoms with Gasteiger partial charge in [-0.25, -0.2) is 0 Å².